The predicted octanol–water partition coefficient (Wildman–Crippen LogP) is 13.0. The normalized spacial score (nSPS) is 14.3. The molecule has 1 aliphatic heterocycles. The van der Waals surface area contributed by atoms with Crippen LogP contribution in [0.1, 0.15) is 172 Å². The van der Waals surface area contributed by atoms with E-state index in [9.17, 15) is 9.90 Å². The Kier molecular flexibility index (Phi) is 29.3. The van der Waals surface area contributed by atoms with Crippen molar-refractivity contribution in [3.05, 3.63) is 35.9 Å². The molecular weight excluding hydrogens is 681 g/mol. The number of benzene rings is 1. The van der Waals surface area contributed by atoms with Crippen molar-refractivity contribution in [3.8, 4) is 0 Å². The predicted molar refractivity (Wildman–Crippen MR) is 243 cm³/mol. The van der Waals surface area contributed by atoms with Crippen molar-refractivity contribution in [1.82, 2.24) is 5.32 Å². The van der Waals surface area contributed by atoms with Crippen molar-refractivity contribution in [2.24, 2.45) is 63.2 Å². The lowest BCUT2D eigenvalue weighted by Crippen LogP contribution is -2.42. The van der Waals surface area contributed by atoms with Crippen LogP contribution >= 0.6 is 0 Å². The highest BCUT2D eigenvalue weighted by Gasteiger charge is 2.42. The third-order valence-corrected chi connectivity index (χ3v) is 9.51. The number of hydrogen-bond acceptors (Lipinski definition) is 6. The van der Waals surface area contributed by atoms with Crippen molar-refractivity contribution in [1.29, 1.82) is 0 Å². The highest BCUT2D eigenvalue weighted by atomic mass is 16.7. The van der Waals surface area contributed by atoms with Gasteiger partial charge < -0.3 is 19.9 Å². The summed E-state index contributed by atoms with van der Waals surface area (Å²) in [6.45, 7) is 53.1. The first-order chi connectivity index (χ1) is 24.9. The number of nitrogens with one attached hydrogen (secondary N) is 1. The van der Waals surface area contributed by atoms with Crippen LogP contribution in [-0.4, -0.2) is 53.8 Å². The Hall–Kier alpha value is -1.60. The summed E-state index contributed by atoms with van der Waals surface area (Å²) >= 11 is 0. The summed E-state index contributed by atoms with van der Waals surface area (Å²) in [6.07, 6.45) is -0.130. The number of ether oxygens (including phenoxy) is 2. The molecular formula is C49H96N2O4. The second kappa shape index (κ2) is 27.9. The number of aliphatic hydroxyl groups excluding tert-OH is 1. The second-order valence-corrected chi connectivity index (χ2v) is 20.4. The van der Waals surface area contributed by atoms with Crippen LogP contribution in [0, 0.1) is 58.2 Å². The summed E-state index contributed by atoms with van der Waals surface area (Å²) < 4.78 is 11.3. The molecule has 326 valence electrons. The van der Waals surface area contributed by atoms with Crippen LogP contribution in [0.25, 0.3) is 0 Å². The van der Waals surface area contributed by atoms with Crippen molar-refractivity contribution >= 4 is 11.5 Å². The lowest BCUT2D eigenvalue weighted by Gasteiger charge is -2.35. The third kappa shape index (κ3) is 25.4. The number of hydrogen-bond donors (Lipinski definition) is 2. The molecule has 1 saturated heterocycles. The van der Waals surface area contributed by atoms with Crippen LogP contribution in [0.5, 0.6) is 0 Å². The molecule has 0 saturated carbocycles. The van der Waals surface area contributed by atoms with Crippen molar-refractivity contribution in [3.63, 3.8) is 0 Å². The molecule has 0 aliphatic carbocycles. The average molecular weight is 777 g/mol. The molecule has 2 rings (SSSR count). The summed E-state index contributed by atoms with van der Waals surface area (Å²) in [5.41, 5.74) is 2.21. The Labute approximate surface area is 344 Å². The zero-order chi connectivity index (χ0) is 44.1. The Bertz CT molecular complexity index is 1060. The minimum atomic E-state index is -0.306. The first kappa shape index (κ1) is 57.7. The maximum atomic E-state index is 11.5. The Morgan fingerprint density at radius 3 is 1.20 bits per heavy atom. The van der Waals surface area contributed by atoms with E-state index in [0.717, 1.165) is 31.6 Å². The average Bonchev–Trinajstić information content (AvgIpc) is 3.55. The van der Waals surface area contributed by atoms with Crippen LogP contribution in [0.2, 0.25) is 0 Å². The van der Waals surface area contributed by atoms with Crippen LogP contribution in [0.15, 0.2) is 35.3 Å². The molecule has 1 aromatic carbocycles. The van der Waals surface area contributed by atoms with Crippen LogP contribution in [-0.2, 0) is 20.8 Å². The lowest BCUT2D eigenvalue weighted by atomic mass is 9.76. The summed E-state index contributed by atoms with van der Waals surface area (Å²) in [5.74, 6) is 4.25. The standard InChI is InChI=1S/C14H21N.C10H23N.C9H18O2.C9H18O.C7H16O/c1-11(2)14(12(3)4)15-10-13-8-6-5-7-9-13;1-7(2)10(8(3)4)11-9(5)6;1-7(2)9(8(3)4)10-5-6-11-9;1-8(2,3)7(10)9(4,5)6;1-5(2)7(8)6(3)4/h5-9,11-12H,10H2,1-4H3;7-11H,1-6H3;7-8H,5-6H2,1-4H3;1-6H3;5-8H,1-4H3. The molecule has 0 bridgehead atoms. The lowest BCUT2D eigenvalue weighted by molar-refractivity contribution is -0.216. The number of carbonyl (C=O) groups is 1. The fourth-order valence-electron chi connectivity index (χ4n) is 7.01. The van der Waals surface area contributed by atoms with Gasteiger partial charge in [0, 0.05) is 40.5 Å². The number of ketones is 1. The number of Topliss-reactive ketones (excluding diaryl/α,β-unsaturated/α-hetero) is 1. The number of nitrogens with zero attached hydrogens (tertiary/aromatic N) is 1. The summed E-state index contributed by atoms with van der Waals surface area (Å²) in [7, 11) is 0. The molecule has 0 unspecified atom stereocenters. The summed E-state index contributed by atoms with van der Waals surface area (Å²) in [4.78, 5) is 16.2. The van der Waals surface area contributed by atoms with E-state index in [1.165, 1.54) is 11.3 Å². The van der Waals surface area contributed by atoms with Crippen molar-refractivity contribution in [2.75, 3.05) is 13.2 Å². The molecule has 1 fully saturated rings. The summed E-state index contributed by atoms with van der Waals surface area (Å²) in [6, 6.07) is 11.7. The Morgan fingerprint density at radius 1 is 0.655 bits per heavy atom. The molecule has 0 radical (unpaired) electrons. The smallest absolute Gasteiger partial charge is 0.172 e. The molecule has 0 spiro atoms. The molecule has 0 aromatic heterocycles. The van der Waals surface area contributed by atoms with Gasteiger partial charge in [-0.2, -0.15) is 0 Å². The van der Waals surface area contributed by atoms with Gasteiger partial charge in [-0.1, -0.05) is 197 Å². The van der Waals surface area contributed by atoms with Gasteiger partial charge in [0.05, 0.1) is 25.9 Å². The number of aliphatic hydroxyl groups is 1. The molecule has 6 nitrogen and oxygen atoms in total. The van der Waals surface area contributed by atoms with E-state index in [4.69, 9.17) is 14.5 Å². The van der Waals surface area contributed by atoms with Gasteiger partial charge in [0.1, 0.15) is 5.78 Å². The number of carbonyl (C=O) groups excluding carboxylic acids is 1. The van der Waals surface area contributed by atoms with Gasteiger partial charge in [-0.25, -0.2) is 0 Å². The highest BCUT2D eigenvalue weighted by Crippen LogP contribution is 2.35. The van der Waals surface area contributed by atoms with Crippen LogP contribution in [0.3, 0.4) is 0 Å². The topological polar surface area (TPSA) is 80.2 Å². The first-order valence-corrected chi connectivity index (χ1v) is 21.7. The zero-order valence-corrected chi connectivity index (χ0v) is 41.0. The highest BCUT2D eigenvalue weighted by molar-refractivity contribution is 5.88. The van der Waals surface area contributed by atoms with E-state index in [2.05, 4.69) is 127 Å². The molecule has 2 N–H and O–H groups in total. The molecule has 6 heteroatoms. The molecule has 1 aliphatic rings. The first-order valence-electron chi connectivity index (χ1n) is 21.7. The monoisotopic (exact) mass is 777 g/mol. The van der Waals surface area contributed by atoms with Gasteiger partial charge in [-0.05, 0) is 41.1 Å². The fraction of sp³-hybridized carbons (Fsp3) is 0.837. The van der Waals surface area contributed by atoms with E-state index in [1.54, 1.807) is 0 Å². The van der Waals surface area contributed by atoms with Crippen LogP contribution < -0.4 is 5.32 Å². The van der Waals surface area contributed by atoms with Gasteiger partial charge in [0.25, 0.3) is 0 Å². The molecule has 0 amide bonds. The zero-order valence-electron chi connectivity index (χ0n) is 41.0. The van der Waals surface area contributed by atoms with E-state index in [1.807, 2.05) is 75.3 Å². The maximum Gasteiger partial charge on any atom is 0.172 e. The van der Waals surface area contributed by atoms with Gasteiger partial charge in [-0.3, -0.25) is 9.79 Å². The Balaban J connectivity index is -0.000000625. The van der Waals surface area contributed by atoms with E-state index < -0.39 is 0 Å². The van der Waals surface area contributed by atoms with E-state index in [0.29, 0.717) is 53.4 Å². The van der Waals surface area contributed by atoms with E-state index >= 15 is 0 Å². The van der Waals surface area contributed by atoms with Crippen molar-refractivity contribution in [2.45, 2.75) is 197 Å². The van der Waals surface area contributed by atoms with Gasteiger partial charge in [0.2, 0.25) is 0 Å². The minimum absolute atomic E-state index is 0.130. The van der Waals surface area contributed by atoms with Gasteiger partial charge in [0.15, 0.2) is 5.79 Å². The van der Waals surface area contributed by atoms with Crippen LogP contribution in [0.4, 0.5) is 0 Å². The second-order valence-electron chi connectivity index (χ2n) is 20.4. The molecule has 1 aromatic rings. The number of rotatable bonds is 12. The van der Waals surface area contributed by atoms with Gasteiger partial charge >= 0.3 is 0 Å². The SMILES string of the molecule is CC(C)(C)C(=O)C(C)(C)C.CC(C)C(=NCc1ccccc1)C(C)C.CC(C)C(O)C(C)C.CC(C)C1(C(C)C)OCCO1.CC(C)NC(C(C)C)C(C)C. The largest absolute Gasteiger partial charge is 0.393 e. The van der Waals surface area contributed by atoms with Gasteiger partial charge in [-0.15, -0.1) is 0 Å². The molecule has 55 heavy (non-hydrogen) atoms. The number of aliphatic imine (C=N–C) groups is 1. The van der Waals surface area contributed by atoms with Crippen molar-refractivity contribution < 1.29 is 19.4 Å². The maximum absolute atomic E-state index is 11.5. The third-order valence-electron chi connectivity index (χ3n) is 9.51. The Morgan fingerprint density at radius 2 is 1.02 bits per heavy atom. The summed E-state index contributed by atoms with van der Waals surface area (Å²) in [5, 5.41) is 12.8. The van der Waals surface area contributed by atoms with E-state index in [-0.39, 0.29) is 22.7 Å². The molecule has 0 atom stereocenters. The fourth-order valence-corrected chi connectivity index (χ4v) is 7.01. The molecule has 1 heterocycles. The quantitative estimate of drug-likeness (QED) is 0.207. The minimum Gasteiger partial charge on any atom is -0.393 e.